The highest BCUT2D eigenvalue weighted by atomic mass is 16.5. The Kier molecular flexibility index (Phi) is 5.91. The number of nitriles is 1. The summed E-state index contributed by atoms with van der Waals surface area (Å²) in [7, 11) is 1.65. The van der Waals surface area contributed by atoms with Gasteiger partial charge < -0.3 is 4.74 Å². The average molecular weight is 493 g/mol. The number of hydrogen-bond donors (Lipinski definition) is 0. The van der Waals surface area contributed by atoms with Gasteiger partial charge in [0, 0.05) is 16.7 Å². The minimum atomic E-state index is 0.499. The van der Waals surface area contributed by atoms with Gasteiger partial charge in [-0.05, 0) is 36.8 Å². The molecule has 182 valence electrons. The van der Waals surface area contributed by atoms with Gasteiger partial charge in [-0.3, -0.25) is 0 Å². The molecule has 0 radical (unpaired) electrons. The summed E-state index contributed by atoms with van der Waals surface area (Å²) >= 11 is 0. The summed E-state index contributed by atoms with van der Waals surface area (Å²) < 4.78 is 7.44. The Hall–Kier alpha value is -5.21. The summed E-state index contributed by atoms with van der Waals surface area (Å²) in [5.74, 6) is 0.713. The Balaban J connectivity index is 1.81. The first-order valence-corrected chi connectivity index (χ1v) is 12.4. The molecule has 6 aromatic rings. The molecule has 0 saturated heterocycles. The quantitative estimate of drug-likeness (QED) is 0.248. The van der Waals surface area contributed by atoms with E-state index >= 15 is 0 Å². The van der Waals surface area contributed by atoms with Gasteiger partial charge >= 0.3 is 0 Å². The van der Waals surface area contributed by atoms with Crippen LogP contribution in [0.15, 0.2) is 109 Å². The van der Waals surface area contributed by atoms with Crippen molar-refractivity contribution in [2.75, 3.05) is 7.11 Å². The number of aromatic nitrogens is 3. The molecule has 0 aliphatic rings. The molecule has 0 bridgehead atoms. The van der Waals surface area contributed by atoms with Gasteiger partial charge in [-0.2, -0.15) is 10.4 Å². The molecule has 0 spiro atoms. The predicted octanol–water partition coefficient (Wildman–Crippen LogP) is 7.61. The van der Waals surface area contributed by atoms with Crippen LogP contribution in [0.2, 0.25) is 0 Å². The predicted molar refractivity (Wildman–Crippen MR) is 151 cm³/mol. The van der Waals surface area contributed by atoms with Gasteiger partial charge in [0.25, 0.3) is 0 Å². The second kappa shape index (κ2) is 9.68. The van der Waals surface area contributed by atoms with Gasteiger partial charge in [0.2, 0.25) is 0 Å². The van der Waals surface area contributed by atoms with Crippen LogP contribution in [0.4, 0.5) is 0 Å². The van der Waals surface area contributed by atoms with Crippen LogP contribution in [0.5, 0.6) is 5.75 Å². The third-order valence-corrected chi connectivity index (χ3v) is 6.66. The van der Waals surface area contributed by atoms with Crippen LogP contribution in [0.3, 0.4) is 0 Å². The van der Waals surface area contributed by atoms with E-state index in [1.165, 1.54) is 0 Å². The molecule has 2 heterocycles. The summed E-state index contributed by atoms with van der Waals surface area (Å²) in [6.07, 6.45) is 0. The second-order valence-electron chi connectivity index (χ2n) is 9.08. The lowest BCUT2D eigenvalue weighted by Crippen LogP contribution is -2.01. The summed E-state index contributed by atoms with van der Waals surface area (Å²) in [6, 6.07) is 38.4. The lowest BCUT2D eigenvalue weighted by Gasteiger charge is -2.14. The first-order chi connectivity index (χ1) is 18.7. The van der Waals surface area contributed by atoms with Gasteiger partial charge in [-0.1, -0.05) is 90.5 Å². The lowest BCUT2D eigenvalue weighted by molar-refractivity contribution is 0.415. The molecule has 6 rings (SSSR count). The molecule has 0 saturated carbocycles. The first-order valence-electron chi connectivity index (χ1n) is 12.4. The maximum Gasteiger partial charge on any atom is 0.164 e. The van der Waals surface area contributed by atoms with Crippen molar-refractivity contribution < 1.29 is 4.74 Å². The molecule has 0 N–H and O–H groups in total. The Morgan fingerprint density at radius 2 is 1.39 bits per heavy atom. The highest BCUT2D eigenvalue weighted by molar-refractivity contribution is 6.07. The molecule has 5 nitrogen and oxygen atoms in total. The van der Waals surface area contributed by atoms with E-state index in [0.717, 1.165) is 44.6 Å². The van der Waals surface area contributed by atoms with E-state index in [0.29, 0.717) is 22.7 Å². The number of para-hydroxylation sites is 1. The van der Waals surface area contributed by atoms with E-state index in [4.69, 9.17) is 14.8 Å². The van der Waals surface area contributed by atoms with Crippen molar-refractivity contribution in [2.24, 2.45) is 0 Å². The van der Waals surface area contributed by atoms with E-state index in [1.54, 1.807) is 7.11 Å². The molecule has 2 aromatic heterocycles. The Bertz CT molecular complexity index is 1800. The highest BCUT2D eigenvalue weighted by Gasteiger charge is 2.25. The summed E-state index contributed by atoms with van der Waals surface area (Å²) in [6.45, 7) is 2.05. The molecule has 0 aliphatic heterocycles. The molecule has 0 atom stereocenters. The first kappa shape index (κ1) is 23.2. The summed E-state index contributed by atoms with van der Waals surface area (Å²) in [5, 5.41) is 16.5. The smallest absolute Gasteiger partial charge is 0.164 e. The van der Waals surface area contributed by atoms with Gasteiger partial charge in [-0.25, -0.2) is 9.67 Å². The van der Waals surface area contributed by atoms with Crippen molar-refractivity contribution in [3.63, 3.8) is 0 Å². The number of hydrogen-bond acceptors (Lipinski definition) is 4. The third kappa shape index (κ3) is 3.99. The van der Waals surface area contributed by atoms with Crippen molar-refractivity contribution in [1.82, 2.24) is 14.8 Å². The molecular formula is C33H24N4O. The highest BCUT2D eigenvalue weighted by Crippen LogP contribution is 2.42. The van der Waals surface area contributed by atoms with E-state index in [-0.39, 0.29) is 0 Å². The van der Waals surface area contributed by atoms with E-state index < -0.39 is 0 Å². The maximum absolute atomic E-state index is 10.6. The maximum atomic E-state index is 10.6. The van der Waals surface area contributed by atoms with Crippen LogP contribution < -0.4 is 4.74 Å². The topological polar surface area (TPSA) is 63.7 Å². The number of benzene rings is 4. The number of rotatable bonds is 5. The zero-order chi connectivity index (χ0) is 26.1. The molecule has 4 aromatic carbocycles. The largest absolute Gasteiger partial charge is 0.497 e. The van der Waals surface area contributed by atoms with E-state index in [9.17, 15) is 5.26 Å². The number of pyridine rings is 1. The number of aryl methyl sites for hydroxylation is 1. The zero-order valence-corrected chi connectivity index (χ0v) is 21.1. The second-order valence-corrected chi connectivity index (χ2v) is 9.08. The van der Waals surface area contributed by atoms with Crippen molar-refractivity contribution in [1.29, 1.82) is 5.26 Å². The Morgan fingerprint density at radius 1 is 0.737 bits per heavy atom. The monoisotopic (exact) mass is 492 g/mol. The van der Waals surface area contributed by atoms with Crippen LogP contribution in [0.1, 0.15) is 11.1 Å². The number of methoxy groups -OCH3 is 1. The summed E-state index contributed by atoms with van der Waals surface area (Å²) in [4.78, 5) is 5.14. The van der Waals surface area contributed by atoms with Crippen LogP contribution in [-0.2, 0) is 0 Å². The van der Waals surface area contributed by atoms with Gasteiger partial charge in [0.05, 0.1) is 29.4 Å². The lowest BCUT2D eigenvalue weighted by atomic mass is 9.92. The fourth-order valence-electron chi connectivity index (χ4n) is 4.79. The van der Waals surface area contributed by atoms with Gasteiger partial charge in [-0.15, -0.1) is 0 Å². The third-order valence-electron chi connectivity index (χ3n) is 6.66. The molecular weight excluding hydrogens is 468 g/mol. The van der Waals surface area contributed by atoms with Crippen LogP contribution in [0, 0.1) is 18.3 Å². The van der Waals surface area contributed by atoms with Gasteiger partial charge in [0.1, 0.15) is 17.5 Å². The van der Waals surface area contributed by atoms with Crippen LogP contribution >= 0.6 is 0 Å². The summed E-state index contributed by atoms with van der Waals surface area (Å²) in [5.41, 5.74) is 8.08. The van der Waals surface area contributed by atoms with E-state index in [1.807, 2.05) is 121 Å². The van der Waals surface area contributed by atoms with Crippen molar-refractivity contribution in [3.05, 3.63) is 120 Å². The number of ether oxygens (including phenoxy) is 1. The molecule has 0 amide bonds. The number of nitrogens with zero attached hydrogens (tertiary/aromatic N) is 4. The number of fused-ring (bicyclic) bond motifs is 1. The molecule has 0 aliphatic carbocycles. The normalized spacial score (nSPS) is 10.9. The molecule has 5 heteroatoms. The van der Waals surface area contributed by atoms with Crippen molar-refractivity contribution in [3.8, 4) is 51.1 Å². The molecule has 0 unspecified atom stereocenters. The minimum Gasteiger partial charge on any atom is -0.497 e. The Labute approximate surface area is 221 Å². The van der Waals surface area contributed by atoms with Crippen LogP contribution in [0.25, 0.3) is 50.4 Å². The standard InChI is InChI=1S/C33H24N4O/c1-22-16-18-24(19-17-22)31-28(21-34)29(25-12-9-15-27(20-25)38-2)30-32(23-10-5-3-6-11-23)36-37(33(30)35-31)26-13-7-4-8-14-26/h3-20H,1-2H3. The average Bonchev–Trinajstić information content (AvgIpc) is 3.37. The molecule has 0 fully saturated rings. The Morgan fingerprint density at radius 3 is 2.08 bits per heavy atom. The zero-order valence-electron chi connectivity index (χ0n) is 21.1. The van der Waals surface area contributed by atoms with E-state index in [2.05, 4.69) is 6.07 Å². The fraction of sp³-hybridized carbons (Fsp3) is 0.0606. The fourth-order valence-corrected chi connectivity index (χ4v) is 4.79. The molecule has 38 heavy (non-hydrogen) atoms. The SMILES string of the molecule is COc1cccc(-c2c(C#N)c(-c3ccc(C)cc3)nc3c2c(-c2ccccc2)nn3-c2ccccc2)c1. The van der Waals surface area contributed by atoms with Crippen LogP contribution in [-0.4, -0.2) is 21.9 Å². The van der Waals surface area contributed by atoms with Crippen molar-refractivity contribution >= 4 is 11.0 Å². The van der Waals surface area contributed by atoms with Crippen molar-refractivity contribution in [2.45, 2.75) is 6.92 Å². The van der Waals surface area contributed by atoms with Gasteiger partial charge in [0.15, 0.2) is 5.65 Å². The minimum absolute atomic E-state index is 0.499.